The number of thioether (sulfide) groups is 1. The van der Waals surface area contributed by atoms with Crippen LogP contribution >= 0.6 is 11.8 Å². The van der Waals surface area contributed by atoms with Crippen molar-refractivity contribution in [2.45, 2.75) is 23.1 Å². The Balaban J connectivity index is 1.75. The van der Waals surface area contributed by atoms with Crippen molar-refractivity contribution in [3.63, 3.8) is 0 Å². The van der Waals surface area contributed by atoms with E-state index in [0.29, 0.717) is 5.25 Å². The summed E-state index contributed by atoms with van der Waals surface area (Å²) in [7, 11) is 0. The highest BCUT2D eigenvalue weighted by molar-refractivity contribution is 8.00. The number of benzene rings is 1. The van der Waals surface area contributed by atoms with Crippen LogP contribution < -0.4 is 5.76 Å². The van der Waals surface area contributed by atoms with Gasteiger partial charge < -0.3 is 4.42 Å². The average molecular weight is 233 g/mol. The van der Waals surface area contributed by atoms with Gasteiger partial charge in [-0.05, 0) is 12.1 Å². The summed E-state index contributed by atoms with van der Waals surface area (Å²) in [5.74, 6) is -0.230. The van der Waals surface area contributed by atoms with Crippen molar-refractivity contribution in [2.24, 2.45) is 0 Å². The van der Waals surface area contributed by atoms with Crippen molar-refractivity contribution < 1.29 is 4.42 Å². The molecule has 0 saturated carbocycles. The first-order valence-electron chi connectivity index (χ1n) is 5.22. The molecule has 0 aliphatic carbocycles. The van der Waals surface area contributed by atoms with E-state index in [0.717, 1.165) is 18.7 Å². The zero-order chi connectivity index (χ0) is 11.0. The summed E-state index contributed by atoms with van der Waals surface area (Å²) in [5.41, 5.74) is 1.01. The third kappa shape index (κ3) is 1.69. The Labute approximate surface area is 97.1 Å². The minimum absolute atomic E-state index is 0.230. The first kappa shape index (κ1) is 9.78. The molecule has 1 atom stereocenters. The monoisotopic (exact) mass is 233 g/mol. The molecule has 0 radical (unpaired) electrons. The predicted molar refractivity (Wildman–Crippen MR) is 62.8 cm³/mol. The lowest BCUT2D eigenvalue weighted by Gasteiger charge is -2.07. The fourth-order valence-electron chi connectivity index (χ4n) is 1.98. The molecule has 2 heterocycles. The van der Waals surface area contributed by atoms with Crippen LogP contribution in [0.2, 0.25) is 0 Å². The lowest BCUT2D eigenvalue weighted by Crippen LogP contribution is -2.15. The van der Waals surface area contributed by atoms with Crippen LogP contribution in [0.1, 0.15) is 5.69 Å². The number of hydrogen-bond acceptors (Lipinski definition) is 3. The van der Waals surface area contributed by atoms with Crippen molar-refractivity contribution in [2.75, 3.05) is 0 Å². The van der Waals surface area contributed by atoms with E-state index in [1.54, 1.807) is 10.8 Å². The summed E-state index contributed by atoms with van der Waals surface area (Å²) in [6.45, 7) is 0.754. The number of hydrogen-bond donors (Lipinski definition) is 0. The second kappa shape index (κ2) is 3.87. The first-order chi connectivity index (χ1) is 7.83. The van der Waals surface area contributed by atoms with Crippen LogP contribution in [0.15, 0.2) is 50.7 Å². The van der Waals surface area contributed by atoms with Gasteiger partial charge in [0, 0.05) is 23.1 Å². The molecule has 1 aliphatic rings. The maximum absolute atomic E-state index is 11.3. The van der Waals surface area contributed by atoms with Gasteiger partial charge in [-0.15, -0.1) is 11.8 Å². The van der Waals surface area contributed by atoms with Gasteiger partial charge in [-0.1, -0.05) is 18.2 Å². The van der Waals surface area contributed by atoms with E-state index in [2.05, 4.69) is 12.1 Å². The highest BCUT2D eigenvalue weighted by atomic mass is 32.2. The van der Waals surface area contributed by atoms with E-state index in [1.165, 1.54) is 4.90 Å². The Hall–Kier alpha value is -1.42. The fourth-order valence-corrected chi connectivity index (χ4v) is 3.16. The maximum atomic E-state index is 11.3. The van der Waals surface area contributed by atoms with E-state index in [-0.39, 0.29) is 5.76 Å². The van der Waals surface area contributed by atoms with Crippen LogP contribution in [-0.2, 0) is 13.0 Å². The Kier molecular flexibility index (Phi) is 2.36. The molecule has 16 heavy (non-hydrogen) atoms. The molecule has 1 aromatic heterocycles. The van der Waals surface area contributed by atoms with Crippen LogP contribution in [0.4, 0.5) is 0 Å². The highest BCUT2D eigenvalue weighted by Gasteiger charge is 2.24. The van der Waals surface area contributed by atoms with Gasteiger partial charge in [-0.3, -0.25) is 4.57 Å². The number of oxazole rings is 1. The van der Waals surface area contributed by atoms with E-state index in [1.807, 2.05) is 30.0 Å². The molecule has 0 fully saturated rings. The third-order valence-electron chi connectivity index (χ3n) is 2.73. The number of nitrogens with zero attached hydrogens (tertiary/aromatic N) is 1. The van der Waals surface area contributed by atoms with E-state index < -0.39 is 0 Å². The van der Waals surface area contributed by atoms with Gasteiger partial charge in [-0.2, -0.15) is 0 Å². The molecule has 0 N–H and O–H groups in total. The van der Waals surface area contributed by atoms with Gasteiger partial charge in [0.2, 0.25) is 0 Å². The molecule has 1 aromatic carbocycles. The van der Waals surface area contributed by atoms with Gasteiger partial charge >= 0.3 is 5.76 Å². The smallest absolute Gasteiger partial charge is 0.416 e. The topological polar surface area (TPSA) is 35.1 Å². The highest BCUT2D eigenvalue weighted by Crippen LogP contribution is 2.30. The summed E-state index contributed by atoms with van der Waals surface area (Å²) >= 11 is 1.82. The lowest BCUT2D eigenvalue weighted by atomic mass is 10.3. The first-order valence-corrected chi connectivity index (χ1v) is 6.10. The number of aromatic nitrogens is 1. The number of fused-ring (bicyclic) bond motifs is 1. The summed E-state index contributed by atoms with van der Waals surface area (Å²) in [6, 6.07) is 10.3. The molecule has 0 spiro atoms. The summed E-state index contributed by atoms with van der Waals surface area (Å²) in [5, 5.41) is 0.446. The van der Waals surface area contributed by atoms with Crippen LogP contribution in [0.25, 0.3) is 0 Å². The lowest BCUT2D eigenvalue weighted by molar-refractivity contribution is 0.479. The molecular weight excluding hydrogens is 222 g/mol. The largest absolute Gasteiger partial charge is 0.419 e. The standard InChI is InChI=1S/C12H11NO2S/c14-12-13-7-11(6-9(13)8-15-12)16-10-4-2-1-3-5-10/h1-5,8,11H,6-7H2/t11-/m0/s1. The molecule has 2 aromatic rings. The van der Waals surface area contributed by atoms with Crippen molar-refractivity contribution >= 4 is 11.8 Å². The van der Waals surface area contributed by atoms with Gasteiger partial charge in [0.25, 0.3) is 0 Å². The van der Waals surface area contributed by atoms with Crippen molar-refractivity contribution in [1.29, 1.82) is 0 Å². The van der Waals surface area contributed by atoms with E-state index >= 15 is 0 Å². The van der Waals surface area contributed by atoms with Gasteiger partial charge in [-0.25, -0.2) is 4.79 Å². The van der Waals surface area contributed by atoms with Crippen molar-refractivity contribution in [3.8, 4) is 0 Å². The molecule has 4 heteroatoms. The quantitative estimate of drug-likeness (QED) is 0.797. The maximum Gasteiger partial charge on any atom is 0.419 e. The second-order valence-corrected chi connectivity index (χ2v) is 5.23. The Morgan fingerprint density at radius 1 is 1.31 bits per heavy atom. The van der Waals surface area contributed by atoms with Crippen LogP contribution in [0, 0.1) is 0 Å². The molecule has 0 unspecified atom stereocenters. The van der Waals surface area contributed by atoms with Crippen LogP contribution in [-0.4, -0.2) is 9.82 Å². The fraction of sp³-hybridized carbons (Fsp3) is 0.250. The Morgan fingerprint density at radius 3 is 2.88 bits per heavy atom. The Bertz CT molecular complexity index is 544. The molecule has 0 saturated heterocycles. The van der Waals surface area contributed by atoms with Crippen LogP contribution in [0.5, 0.6) is 0 Å². The molecule has 0 amide bonds. The van der Waals surface area contributed by atoms with Crippen molar-refractivity contribution in [1.82, 2.24) is 4.57 Å². The molecular formula is C12H11NO2S. The SMILES string of the molecule is O=c1occ2n1C[C@@H](Sc1ccccc1)C2. The second-order valence-electron chi connectivity index (χ2n) is 3.86. The summed E-state index contributed by atoms with van der Waals surface area (Å²) < 4.78 is 6.56. The van der Waals surface area contributed by atoms with Crippen LogP contribution in [0.3, 0.4) is 0 Å². The molecule has 0 bridgehead atoms. The third-order valence-corrected chi connectivity index (χ3v) is 3.93. The number of rotatable bonds is 2. The van der Waals surface area contributed by atoms with Gasteiger partial charge in [0.05, 0.1) is 5.69 Å². The average Bonchev–Trinajstić information content (AvgIpc) is 2.83. The van der Waals surface area contributed by atoms with E-state index in [9.17, 15) is 4.79 Å². The Morgan fingerprint density at radius 2 is 2.12 bits per heavy atom. The van der Waals surface area contributed by atoms with Gasteiger partial charge in [0.15, 0.2) is 0 Å². The van der Waals surface area contributed by atoms with Gasteiger partial charge in [0.1, 0.15) is 6.26 Å². The molecule has 1 aliphatic heterocycles. The molecule has 3 rings (SSSR count). The van der Waals surface area contributed by atoms with E-state index in [4.69, 9.17) is 4.42 Å². The molecule has 82 valence electrons. The minimum Gasteiger partial charge on any atom is -0.416 e. The predicted octanol–water partition coefficient (Wildman–Crippen LogP) is 2.16. The zero-order valence-corrected chi connectivity index (χ0v) is 9.44. The normalized spacial score (nSPS) is 18.6. The minimum atomic E-state index is -0.230. The summed E-state index contributed by atoms with van der Waals surface area (Å²) in [4.78, 5) is 12.5. The molecule has 3 nitrogen and oxygen atoms in total. The zero-order valence-electron chi connectivity index (χ0n) is 8.63. The van der Waals surface area contributed by atoms with Crippen molar-refractivity contribution in [3.05, 3.63) is 52.8 Å². The summed E-state index contributed by atoms with van der Waals surface area (Å²) in [6.07, 6.45) is 2.49.